The zero-order valence-electron chi connectivity index (χ0n) is 15.6. The lowest BCUT2D eigenvalue weighted by atomic mass is 10.1. The van der Waals surface area contributed by atoms with Gasteiger partial charge in [-0.3, -0.25) is 0 Å². The van der Waals surface area contributed by atoms with Crippen LogP contribution in [-0.2, 0) is 0 Å². The minimum absolute atomic E-state index is 0.499. The molecule has 27 heavy (non-hydrogen) atoms. The third-order valence-corrected chi connectivity index (χ3v) is 5.95. The Balaban J connectivity index is 1.74. The molecule has 5 aromatic rings. The summed E-state index contributed by atoms with van der Waals surface area (Å²) >= 11 is 0. The fraction of sp³-hybridized carbons (Fsp3) is 0.167. The van der Waals surface area contributed by atoms with Gasteiger partial charge in [-0.25, -0.2) is 0 Å². The van der Waals surface area contributed by atoms with Gasteiger partial charge in [0.25, 0.3) is 0 Å². The average molecular weight is 351 g/mol. The molecular weight excluding hydrogens is 330 g/mol. The van der Waals surface area contributed by atoms with Crippen molar-refractivity contribution in [3.63, 3.8) is 0 Å². The van der Waals surface area contributed by atoms with Crippen LogP contribution in [0.15, 0.2) is 73.1 Å². The molecule has 0 N–H and O–H groups in total. The van der Waals surface area contributed by atoms with E-state index in [-0.39, 0.29) is 0 Å². The number of nitrogens with zero attached hydrogens (tertiary/aromatic N) is 3. The first-order valence-electron chi connectivity index (χ1n) is 9.60. The lowest BCUT2D eigenvalue weighted by molar-refractivity contribution is 0.336. The summed E-state index contributed by atoms with van der Waals surface area (Å²) in [7, 11) is 0. The Morgan fingerprint density at radius 1 is 0.704 bits per heavy atom. The predicted octanol–water partition coefficient (Wildman–Crippen LogP) is 5.80. The second-order valence-electron chi connectivity index (χ2n) is 7.74. The Labute approximate surface area is 158 Å². The first-order valence-corrected chi connectivity index (χ1v) is 9.60. The molecule has 2 aromatic heterocycles. The molecule has 0 amide bonds. The van der Waals surface area contributed by atoms with Gasteiger partial charge in [-0.05, 0) is 26.0 Å². The maximum Gasteiger partial charge on any atom is 0.0945 e. The summed E-state index contributed by atoms with van der Waals surface area (Å²) in [5, 5.41) is 5.33. The van der Waals surface area contributed by atoms with Crippen molar-refractivity contribution in [1.82, 2.24) is 9.30 Å². The van der Waals surface area contributed by atoms with Crippen molar-refractivity contribution >= 4 is 43.8 Å². The zero-order chi connectivity index (χ0) is 18.1. The van der Waals surface area contributed by atoms with E-state index in [9.17, 15) is 0 Å². The second kappa shape index (κ2) is 5.17. The fourth-order valence-electron chi connectivity index (χ4n) is 4.61. The van der Waals surface area contributed by atoms with E-state index < -0.39 is 0 Å². The summed E-state index contributed by atoms with van der Waals surface area (Å²) in [6.45, 7) is 5.37. The number of rotatable bonds is 2. The van der Waals surface area contributed by atoms with Crippen molar-refractivity contribution in [3.8, 4) is 0 Å². The molecule has 3 heterocycles. The van der Waals surface area contributed by atoms with Gasteiger partial charge >= 0.3 is 0 Å². The molecule has 1 aliphatic heterocycles. The summed E-state index contributed by atoms with van der Waals surface area (Å²) in [5.41, 5.74) is 5.20. The van der Waals surface area contributed by atoms with E-state index in [1.165, 1.54) is 43.8 Å². The van der Waals surface area contributed by atoms with Crippen LogP contribution in [0.2, 0.25) is 0 Å². The molecule has 3 aromatic carbocycles. The lowest BCUT2D eigenvalue weighted by Gasteiger charge is -2.25. The van der Waals surface area contributed by atoms with Crippen LogP contribution in [-0.4, -0.2) is 22.0 Å². The van der Waals surface area contributed by atoms with Gasteiger partial charge in [0.15, 0.2) is 0 Å². The number of aromatic nitrogens is 1. The summed E-state index contributed by atoms with van der Waals surface area (Å²) in [6.07, 6.45) is 4.41. The standard InChI is InChI=1S/C24H21N3/c1-16(2)25-13-14-26(15-25)22-12-6-10-20-19-9-5-8-18-17-7-3-4-11-21(17)27(23(18)19)24(20)22/h3-14,16H,15H2,1-2H3. The van der Waals surface area contributed by atoms with Crippen LogP contribution in [0, 0.1) is 0 Å². The summed E-state index contributed by atoms with van der Waals surface area (Å²) in [5.74, 6) is 0. The van der Waals surface area contributed by atoms with Crippen LogP contribution in [0.4, 0.5) is 5.69 Å². The van der Waals surface area contributed by atoms with Gasteiger partial charge in [-0.15, -0.1) is 0 Å². The molecule has 0 fully saturated rings. The maximum absolute atomic E-state index is 2.47. The van der Waals surface area contributed by atoms with Crippen LogP contribution >= 0.6 is 0 Å². The Morgan fingerprint density at radius 2 is 1.37 bits per heavy atom. The van der Waals surface area contributed by atoms with Gasteiger partial charge in [-0.1, -0.05) is 48.5 Å². The Kier molecular flexibility index (Phi) is 2.85. The third-order valence-electron chi connectivity index (χ3n) is 5.95. The molecule has 0 atom stereocenters. The van der Waals surface area contributed by atoms with Gasteiger partial charge in [0, 0.05) is 40.0 Å². The second-order valence-corrected chi connectivity index (χ2v) is 7.74. The SMILES string of the molecule is CC(C)N1C=CN(c2cccc3c4cccc5c6ccccc6n(c23)c54)C1. The Hall–Kier alpha value is -3.20. The zero-order valence-corrected chi connectivity index (χ0v) is 15.6. The van der Waals surface area contributed by atoms with Gasteiger partial charge in [0.1, 0.15) is 0 Å². The number of hydrogen-bond donors (Lipinski definition) is 0. The highest BCUT2D eigenvalue weighted by Crippen LogP contribution is 2.42. The van der Waals surface area contributed by atoms with E-state index in [0.29, 0.717) is 6.04 Å². The van der Waals surface area contributed by atoms with Gasteiger partial charge in [0.2, 0.25) is 0 Å². The molecule has 3 nitrogen and oxygen atoms in total. The van der Waals surface area contributed by atoms with E-state index in [0.717, 1.165) is 6.67 Å². The monoisotopic (exact) mass is 351 g/mol. The first kappa shape index (κ1) is 14.9. The molecule has 0 aliphatic carbocycles. The lowest BCUT2D eigenvalue weighted by Crippen LogP contribution is -2.30. The Morgan fingerprint density at radius 3 is 2.15 bits per heavy atom. The maximum atomic E-state index is 2.47. The quantitative estimate of drug-likeness (QED) is 0.398. The van der Waals surface area contributed by atoms with Crippen LogP contribution in [0.1, 0.15) is 13.8 Å². The number of benzene rings is 3. The molecule has 6 rings (SSSR count). The summed E-state index contributed by atoms with van der Waals surface area (Å²) in [4.78, 5) is 4.73. The molecule has 0 radical (unpaired) electrons. The molecule has 1 aliphatic rings. The highest BCUT2D eigenvalue weighted by atomic mass is 15.4. The van der Waals surface area contributed by atoms with Crippen molar-refractivity contribution in [2.75, 3.05) is 11.6 Å². The van der Waals surface area contributed by atoms with Crippen molar-refractivity contribution in [3.05, 3.63) is 73.1 Å². The molecule has 0 saturated carbocycles. The van der Waals surface area contributed by atoms with E-state index in [1.807, 2.05) is 0 Å². The minimum Gasteiger partial charge on any atom is -0.356 e. The molecular formula is C24H21N3. The first-order chi connectivity index (χ1) is 13.2. The van der Waals surface area contributed by atoms with Crippen LogP contribution in [0.5, 0.6) is 0 Å². The van der Waals surface area contributed by atoms with Crippen molar-refractivity contribution in [1.29, 1.82) is 0 Å². The number of anilines is 1. The normalized spacial score (nSPS) is 14.9. The van der Waals surface area contributed by atoms with E-state index in [4.69, 9.17) is 0 Å². The molecule has 0 unspecified atom stereocenters. The number of hydrogen-bond acceptors (Lipinski definition) is 2. The van der Waals surface area contributed by atoms with Crippen molar-refractivity contribution in [2.24, 2.45) is 0 Å². The molecule has 0 saturated heterocycles. The predicted molar refractivity (Wildman–Crippen MR) is 115 cm³/mol. The van der Waals surface area contributed by atoms with Crippen molar-refractivity contribution < 1.29 is 0 Å². The Bertz CT molecular complexity index is 1340. The van der Waals surface area contributed by atoms with Crippen LogP contribution < -0.4 is 4.90 Å². The highest BCUT2D eigenvalue weighted by molar-refractivity contribution is 6.24. The van der Waals surface area contributed by atoms with Gasteiger partial charge in [-0.2, -0.15) is 0 Å². The van der Waals surface area contributed by atoms with Crippen LogP contribution in [0.25, 0.3) is 38.1 Å². The smallest absolute Gasteiger partial charge is 0.0945 e. The minimum atomic E-state index is 0.499. The number of fused-ring (bicyclic) bond motifs is 6. The van der Waals surface area contributed by atoms with E-state index in [1.54, 1.807) is 0 Å². The van der Waals surface area contributed by atoms with E-state index in [2.05, 4.69) is 101 Å². The fourth-order valence-corrected chi connectivity index (χ4v) is 4.61. The summed E-state index contributed by atoms with van der Waals surface area (Å²) < 4.78 is 2.47. The topological polar surface area (TPSA) is 10.9 Å². The molecule has 3 heteroatoms. The largest absolute Gasteiger partial charge is 0.356 e. The molecule has 0 bridgehead atoms. The summed E-state index contributed by atoms with van der Waals surface area (Å²) in [6, 6.07) is 22.6. The third kappa shape index (κ3) is 1.86. The highest BCUT2D eigenvalue weighted by Gasteiger charge is 2.23. The molecule has 0 spiro atoms. The van der Waals surface area contributed by atoms with Crippen LogP contribution in [0.3, 0.4) is 0 Å². The average Bonchev–Trinajstić information content (AvgIpc) is 3.39. The van der Waals surface area contributed by atoms with E-state index >= 15 is 0 Å². The number of para-hydroxylation sites is 3. The molecule has 132 valence electrons. The van der Waals surface area contributed by atoms with Gasteiger partial charge < -0.3 is 14.2 Å². The van der Waals surface area contributed by atoms with Crippen molar-refractivity contribution in [2.45, 2.75) is 19.9 Å². The van der Waals surface area contributed by atoms with Gasteiger partial charge in [0.05, 0.1) is 28.9 Å².